The van der Waals surface area contributed by atoms with E-state index in [0.717, 1.165) is 27.8 Å². The SMILES string of the molecule is Cc1cc(C)c(C)c(COC(=O)ON=C(c2ccccc2)c2ccccc2)c1C. The van der Waals surface area contributed by atoms with Crippen LogP contribution < -0.4 is 0 Å². The Hall–Kier alpha value is -3.40. The normalized spacial score (nSPS) is 10.3. The summed E-state index contributed by atoms with van der Waals surface area (Å²) in [5.74, 6) is 0. The maximum Gasteiger partial charge on any atom is 0.535 e. The molecule has 0 fully saturated rings. The third-order valence-electron chi connectivity index (χ3n) is 5.16. The van der Waals surface area contributed by atoms with Gasteiger partial charge < -0.3 is 4.74 Å². The molecule has 0 amide bonds. The fourth-order valence-electron chi connectivity index (χ4n) is 3.22. The molecule has 0 aliphatic rings. The number of oxime groups is 1. The number of carbonyl (C=O) groups is 1. The van der Waals surface area contributed by atoms with Crippen molar-refractivity contribution < 1.29 is 14.4 Å². The summed E-state index contributed by atoms with van der Waals surface area (Å²) >= 11 is 0. The van der Waals surface area contributed by atoms with Crippen LogP contribution in [-0.4, -0.2) is 11.9 Å². The minimum atomic E-state index is -0.827. The monoisotopic (exact) mass is 387 g/mol. The molecule has 148 valence electrons. The number of aryl methyl sites for hydroxylation is 2. The summed E-state index contributed by atoms with van der Waals surface area (Å²) in [5, 5.41) is 4.10. The standard InChI is InChI=1S/C25H25NO3/c1-17-15-18(2)20(4)23(19(17)3)16-28-25(27)29-26-24(21-11-7-5-8-12-21)22-13-9-6-10-14-22/h5-15H,16H2,1-4H3. The zero-order valence-electron chi connectivity index (χ0n) is 17.2. The Kier molecular flexibility index (Phi) is 6.45. The number of hydrogen-bond acceptors (Lipinski definition) is 4. The van der Waals surface area contributed by atoms with Gasteiger partial charge in [0.05, 0.1) is 0 Å². The predicted octanol–water partition coefficient (Wildman–Crippen LogP) is 6.03. The molecule has 3 aromatic rings. The van der Waals surface area contributed by atoms with Gasteiger partial charge in [0.25, 0.3) is 0 Å². The van der Waals surface area contributed by atoms with E-state index in [1.54, 1.807) is 0 Å². The number of nitrogens with zero attached hydrogens (tertiary/aromatic N) is 1. The van der Waals surface area contributed by atoms with Gasteiger partial charge >= 0.3 is 6.16 Å². The third kappa shape index (κ3) is 4.91. The zero-order chi connectivity index (χ0) is 20.8. The van der Waals surface area contributed by atoms with Crippen LogP contribution in [-0.2, 0) is 16.2 Å². The van der Waals surface area contributed by atoms with Gasteiger partial charge in [0.1, 0.15) is 12.3 Å². The van der Waals surface area contributed by atoms with Gasteiger partial charge in [-0.1, -0.05) is 71.9 Å². The summed E-state index contributed by atoms with van der Waals surface area (Å²) in [7, 11) is 0. The Morgan fingerprint density at radius 1 is 0.793 bits per heavy atom. The molecule has 0 saturated heterocycles. The summed E-state index contributed by atoms with van der Waals surface area (Å²) in [4.78, 5) is 17.3. The van der Waals surface area contributed by atoms with Gasteiger partial charge in [-0.05, 0) is 55.5 Å². The molecule has 4 nitrogen and oxygen atoms in total. The van der Waals surface area contributed by atoms with E-state index in [4.69, 9.17) is 9.57 Å². The van der Waals surface area contributed by atoms with Crippen molar-refractivity contribution in [2.75, 3.05) is 0 Å². The highest BCUT2D eigenvalue weighted by Crippen LogP contribution is 2.22. The van der Waals surface area contributed by atoms with Crippen molar-refractivity contribution in [3.8, 4) is 0 Å². The van der Waals surface area contributed by atoms with E-state index >= 15 is 0 Å². The second-order valence-electron chi connectivity index (χ2n) is 7.04. The topological polar surface area (TPSA) is 47.9 Å². The molecule has 0 atom stereocenters. The molecular weight excluding hydrogens is 362 g/mol. The molecule has 0 saturated carbocycles. The maximum absolute atomic E-state index is 12.2. The summed E-state index contributed by atoms with van der Waals surface area (Å²) in [5.41, 5.74) is 7.89. The van der Waals surface area contributed by atoms with E-state index in [0.29, 0.717) is 5.71 Å². The quantitative estimate of drug-likeness (QED) is 0.233. The van der Waals surface area contributed by atoms with Crippen molar-refractivity contribution in [2.24, 2.45) is 5.16 Å². The number of carbonyl (C=O) groups excluding carboxylic acids is 1. The highest BCUT2D eigenvalue weighted by Gasteiger charge is 2.13. The Labute approximate surface area is 171 Å². The van der Waals surface area contributed by atoms with Crippen LogP contribution in [0.2, 0.25) is 0 Å². The average Bonchev–Trinajstić information content (AvgIpc) is 2.74. The first-order valence-electron chi connectivity index (χ1n) is 9.56. The second-order valence-corrected chi connectivity index (χ2v) is 7.04. The summed E-state index contributed by atoms with van der Waals surface area (Å²) in [6.07, 6.45) is -0.827. The van der Waals surface area contributed by atoms with Crippen molar-refractivity contribution >= 4 is 11.9 Å². The molecule has 3 aromatic carbocycles. The summed E-state index contributed by atoms with van der Waals surface area (Å²) < 4.78 is 5.35. The lowest BCUT2D eigenvalue weighted by Gasteiger charge is -2.15. The van der Waals surface area contributed by atoms with Gasteiger partial charge in [0.2, 0.25) is 0 Å². The molecule has 0 unspecified atom stereocenters. The van der Waals surface area contributed by atoms with Crippen LogP contribution in [0.25, 0.3) is 0 Å². The molecule has 0 aliphatic carbocycles. The molecule has 0 N–H and O–H groups in total. The van der Waals surface area contributed by atoms with Crippen LogP contribution in [0.1, 0.15) is 38.9 Å². The fourth-order valence-corrected chi connectivity index (χ4v) is 3.22. The minimum Gasteiger partial charge on any atom is -0.428 e. The summed E-state index contributed by atoms with van der Waals surface area (Å²) in [6.45, 7) is 8.33. The first kappa shape index (κ1) is 20.3. The van der Waals surface area contributed by atoms with Crippen LogP contribution in [0.3, 0.4) is 0 Å². The van der Waals surface area contributed by atoms with Crippen LogP contribution in [0.15, 0.2) is 71.9 Å². The van der Waals surface area contributed by atoms with Gasteiger partial charge in [-0.2, -0.15) is 0 Å². The third-order valence-corrected chi connectivity index (χ3v) is 5.16. The van der Waals surface area contributed by atoms with E-state index in [1.165, 1.54) is 11.1 Å². The second kappa shape index (κ2) is 9.20. The first-order valence-corrected chi connectivity index (χ1v) is 9.56. The molecule has 29 heavy (non-hydrogen) atoms. The molecular formula is C25H25NO3. The molecule has 3 rings (SSSR count). The molecule has 0 spiro atoms. The zero-order valence-corrected chi connectivity index (χ0v) is 17.2. The Bertz CT molecular complexity index is 957. The van der Waals surface area contributed by atoms with Crippen molar-refractivity contribution in [2.45, 2.75) is 34.3 Å². The highest BCUT2D eigenvalue weighted by molar-refractivity contribution is 6.12. The number of rotatable bonds is 5. The average molecular weight is 387 g/mol. The Balaban J connectivity index is 1.76. The number of ether oxygens (including phenoxy) is 1. The molecule has 4 heteroatoms. The van der Waals surface area contributed by atoms with Gasteiger partial charge in [0.15, 0.2) is 0 Å². The molecule has 0 heterocycles. The van der Waals surface area contributed by atoms with Gasteiger partial charge in [0, 0.05) is 11.1 Å². The van der Waals surface area contributed by atoms with Crippen LogP contribution in [0.4, 0.5) is 4.79 Å². The fraction of sp³-hybridized carbons (Fsp3) is 0.200. The minimum absolute atomic E-state index is 0.153. The maximum atomic E-state index is 12.2. The van der Waals surface area contributed by atoms with E-state index in [1.807, 2.05) is 74.5 Å². The largest absolute Gasteiger partial charge is 0.535 e. The summed E-state index contributed by atoms with van der Waals surface area (Å²) in [6, 6.07) is 21.3. The number of hydrogen-bond donors (Lipinski definition) is 0. The highest BCUT2D eigenvalue weighted by atomic mass is 16.8. The lowest BCUT2D eigenvalue weighted by atomic mass is 9.95. The molecule has 0 aliphatic heterocycles. The predicted molar refractivity (Wildman–Crippen MR) is 115 cm³/mol. The lowest BCUT2D eigenvalue weighted by Crippen LogP contribution is -2.10. The van der Waals surface area contributed by atoms with Gasteiger partial charge in [-0.15, -0.1) is 0 Å². The van der Waals surface area contributed by atoms with E-state index in [2.05, 4.69) is 25.1 Å². The van der Waals surface area contributed by atoms with Gasteiger partial charge in [-0.3, -0.25) is 4.84 Å². The van der Waals surface area contributed by atoms with Crippen molar-refractivity contribution in [1.82, 2.24) is 0 Å². The van der Waals surface area contributed by atoms with Crippen molar-refractivity contribution in [3.05, 3.63) is 106 Å². The first-order chi connectivity index (χ1) is 14.0. The van der Waals surface area contributed by atoms with E-state index in [9.17, 15) is 4.79 Å². The van der Waals surface area contributed by atoms with Crippen molar-refractivity contribution in [1.29, 1.82) is 0 Å². The van der Waals surface area contributed by atoms with Crippen molar-refractivity contribution in [3.63, 3.8) is 0 Å². The van der Waals surface area contributed by atoms with E-state index < -0.39 is 6.16 Å². The van der Waals surface area contributed by atoms with Gasteiger partial charge in [-0.25, -0.2) is 4.79 Å². The van der Waals surface area contributed by atoms with Crippen LogP contribution in [0.5, 0.6) is 0 Å². The smallest absolute Gasteiger partial charge is 0.428 e. The Morgan fingerprint density at radius 2 is 1.28 bits per heavy atom. The van der Waals surface area contributed by atoms with Crippen LogP contribution in [0, 0.1) is 27.7 Å². The van der Waals surface area contributed by atoms with Crippen LogP contribution >= 0.6 is 0 Å². The molecule has 0 aromatic heterocycles. The number of benzene rings is 3. The molecule has 0 bridgehead atoms. The lowest BCUT2D eigenvalue weighted by molar-refractivity contribution is 0.0518. The molecule has 0 radical (unpaired) electrons. The Morgan fingerprint density at radius 3 is 1.76 bits per heavy atom. The van der Waals surface area contributed by atoms with E-state index in [-0.39, 0.29) is 6.61 Å².